The van der Waals surface area contributed by atoms with Crippen LogP contribution in [0.2, 0.25) is 0 Å². The highest BCUT2D eigenvalue weighted by Crippen LogP contribution is 2.33. The average molecular weight is 213 g/mol. The zero-order valence-electron chi connectivity index (χ0n) is 10.8. The van der Waals surface area contributed by atoms with Gasteiger partial charge in [-0.1, -0.05) is 20.8 Å². The summed E-state index contributed by atoms with van der Waals surface area (Å²) in [6.45, 7) is 11.0. The highest BCUT2D eigenvalue weighted by atomic mass is 16.5. The molecule has 2 nitrogen and oxygen atoms in total. The molecule has 0 saturated carbocycles. The Morgan fingerprint density at radius 1 is 1.40 bits per heavy atom. The van der Waals surface area contributed by atoms with E-state index in [2.05, 4.69) is 33.0 Å². The SMILES string of the molecule is CCNC(CC)C1CCOC(C)(CC)C1. The van der Waals surface area contributed by atoms with E-state index in [0.717, 1.165) is 25.5 Å². The van der Waals surface area contributed by atoms with E-state index in [-0.39, 0.29) is 5.60 Å². The van der Waals surface area contributed by atoms with Gasteiger partial charge in [0.25, 0.3) is 0 Å². The zero-order chi connectivity index (χ0) is 11.3. The number of hydrogen-bond donors (Lipinski definition) is 1. The molecule has 0 spiro atoms. The summed E-state index contributed by atoms with van der Waals surface area (Å²) in [5.74, 6) is 0.800. The topological polar surface area (TPSA) is 21.3 Å². The van der Waals surface area contributed by atoms with Crippen molar-refractivity contribution in [3.8, 4) is 0 Å². The molecule has 0 aromatic rings. The first-order valence-electron chi connectivity index (χ1n) is 6.52. The van der Waals surface area contributed by atoms with Gasteiger partial charge in [-0.05, 0) is 45.1 Å². The van der Waals surface area contributed by atoms with Gasteiger partial charge in [0.05, 0.1) is 5.60 Å². The molecule has 1 fully saturated rings. The maximum atomic E-state index is 5.89. The first kappa shape index (κ1) is 13.0. The molecule has 3 atom stereocenters. The van der Waals surface area contributed by atoms with E-state index in [0.29, 0.717) is 6.04 Å². The molecular formula is C13H27NO. The Balaban J connectivity index is 2.53. The summed E-state index contributed by atoms with van der Waals surface area (Å²) in [5, 5.41) is 3.61. The minimum Gasteiger partial charge on any atom is -0.375 e. The summed E-state index contributed by atoms with van der Waals surface area (Å²) >= 11 is 0. The molecule has 90 valence electrons. The molecule has 0 bridgehead atoms. The van der Waals surface area contributed by atoms with Gasteiger partial charge in [0.2, 0.25) is 0 Å². The van der Waals surface area contributed by atoms with Crippen molar-refractivity contribution in [3.63, 3.8) is 0 Å². The van der Waals surface area contributed by atoms with Crippen molar-refractivity contribution in [1.82, 2.24) is 5.32 Å². The van der Waals surface area contributed by atoms with Gasteiger partial charge in [0, 0.05) is 12.6 Å². The highest BCUT2D eigenvalue weighted by Gasteiger charge is 2.34. The average Bonchev–Trinajstić information content (AvgIpc) is 2.26. The van der Waals surface area contributed by atoms with Gasteiger partial charge in [0.15, 0.2) is 0 Å². The first-order valence-corrected chi connectivity index (χ1v) is 6.52. The Kier molecular flexibility index (Phi) is 5.07. The zero-order valence-corrected chi connectivity index (χ0v) is 10.8. The minimum absolute atomic E-state index is 0.131. The molecule has 1 N–H and O–H groups in total. The summed E-state index contributed by atoms with van der Waals surface area (Å²) in [5.41, 5.74) is 0.131. The molecule has 0 aromatic carbocycles. The second-order valence-electron chi connectivity index (χ2n) is 4.98. The van der Waals surface area contributed by atoms with Crippen LogP contribution >= 0.6 is 0 Å². The fourth-order valence-corrected chi connectivity index (χ4v) is 2.67. The van der Waals surface area contributed by atoms with E-state index >= 15 is 0 Å². The minimum atomic E-state index is 0.131. The molecule has 1 aliphatic rings. The summed E-state index contributed by atoms with van der Waals surface area (Å²) in [6, 6.07) is 0.685. The standard InChI is InChI=1S/C13H27NO/c1-5-12(14-7-3)11-8-9-15-13(4,6-2)10-11/h11-12,14H,5-10H2,1-4H3. The number of rotatable bonds is 5. The lowest BCUT2D eigenvalue weighted by atomic mass is 9.80. The molecule has 1 saturated heterocycles. The van der Waals surface area contributed by atoms with Crippen molar-refractivity contribution < 1.29 is 4.74 Å². The molecule has 0 aromatic heterocycles. The Morgan fingerprint density at radius 3 is 2.67 bits per heavy atom. The molecule has 0 radical (unpaired) electrons. The number of hydrogen-bond acceptors (Lipinski definition) is 2. The predicted octanol–water partition coefficient (Wildman–Crippen LogP) is 2.97. The number of ether oxygens (including phenoxy) is 1. The van der Waals surface area contributed by atoms with Crippen LogP contribution in [0.1, 0.15) is 53.4 Å². The number of nitrogens with one attached hydrogen (secondary N) is 1. The molecule has 2 heteroatoms. The largest absolute Gasteiger partial charge is 0.375 e. The van der Waals surface area contributed by atoms with Crippen LogP contribution in [0.4, 0.5) is 0 Å². The molecule has 0 aliphatic carbocycles. The highest BCUT2D eigenvalue weighted by molar-refractivity contribution is 4.87. The Labute approximate surface area is 94.8 Å². The quantitative estimate of drug-likeness (QED) is 0.758. The molecule has 1 aliphatic heterocycles. The van der Waals surface area contributed by atoms with E-state index in [1.54, 1.807) is 0 Å². The third-order valence-corrected chi connectivity index (χ3v) is 3.86. The van der Waals surface area contributed by atoms with E-state index < -0.39 is 0 Å². The van der Waals surface area contributed by atoms with Crippen LogP contribution in [-0.4, -0.2) is 24.8 Å². The maximum Gasteiger partial charge on any atom is 0.0655 e. The Hall–Kier alpha value is -0.0800. The van der Waals surface area contributed by atoms with Gasteiger partial charge in [-0.25, -0.2) is 0 Å². The smallest absolute Gasteiger partial charge is 0.0655 e. The van der Waals surface area contributed by atoms with Crippen LogP contribution in [-0.2, 0) is 4.74 Å². The molecule has 0 amide bonds. The van der Waals surface area contributed by atoms with Gasteiger partial charge >= 0.3 is 0 Å². The van der Waals surface area contributed by atoms with Crippen LogP contribution in [0.5, 0.6) is 0 Å². The Morgan fingerprint density at radius 2 is 2.13 bits per heavy atom. The summed E-state index contributed by atoms with van der Waals surface area (Å²) in [4.78, 5) is 0. The first-order chi connectivity index (χ1) is 7.15. The maximum absolute atomic E-state index is 5.89. The molecule has 1 heterocycles. The van der Waals surface area contributed by atoms with Crippen molar-refractivity contribution in [2.24, 2.45) is 5.92 Å². The van der Waals surface area contributed by atoms with E-state index in [1.807, 2.05) is 0 Å². The van der Waals surface area contributed by atoms with Crippen molar-refractivity contribution in [1.29, 1.82) is 0 Å². The fraction of sp³-hybridized carbons (Fsp3) is 1.00. The molecular weight excluding hydrogens is 186 g/mol. The second-order valence-corrected chi connectivity index (χ2v) is 4.98. The summed E-state index contributed by atoms with van der Waals surface area (Å²) in [7, 11) is 0. The normalized spacial score (nSPS) is 34.0. The van der Waals surface area contributed by atoms with Gasteiger partial charge in [-0.15, -0.1) is 0 Å². The summed E-state index contributed by atoms with van der Waals surface area (Å²) < 4.78 is 5.89. The predicted molar refractivity (Wildman–Crippen MR) is 65.1 cm³/mol. The lowest BCUT2D eigenvalue weighted by molar-refractivity contribution is -0.0925. The van der Waals surface area contributed by atoms with Crippen LogP contribution in [0.15, 0.2) is 0 Å². The van der Waals surface area contributed by atoms with Gasteiger partial charge in [-0.3, -0.25) is 0 Å². The molecule has 1 rings (SSSR count). The van der Waals surface area contributed by atoms with E-state index in [1.165, 1.54) is 19.3 Å². The van der Waals surface area contributed by atoms with Crippen LogP contribution < -0.4 is 5.32 Å². The van der Waals surface area contributed by atoms with Crippen LogP contribution in [0.25, 0.3) is 0 Å². The van der Waals surface area contributed by atoms with Crippen LogP contribution in [0, 0.1) is 5.92 Å². The summed E-state index contributed by atoms with van der Waals surface area (Å²) in [6.07, 6.45) is 4.81. The Bertz CT molecular complexity index is 183. The van der Waals surface area contributed by atoms with Gasteiger partial charge in [-0.2, -0.15) is 0 Å². The van der Waals surface area contributed by atoms with Crippen molar-refractivity contribution in [2.75, 3.05) is 13.2 Å². The fourth-order valence-electron chi connectivity index (χ4n) is 2.67. The van der Waals surface area contributed by atoms with Crippen molar-refractivity contribution >= 4 is 0 Å². The van der Waals surface area contributed by atoms with Gasteiger partial charge < -0.3 is 10.1 Å². The molecule has 3 unspecified atom stereocenters. The second kappa shape index (κ2) is 5.86. The van der Waals surface area contributed by atoms with Crippen molar-refractivity contribution in [2.45, 2.75) is 65.0 Å². The lowest BCUT2D eigenvalue weighted by Crippen LogP contribution is -2.45. The monoisotopic (exact) mass is 213 g/mol. The van der Waals surface area contributed by atoms with E-state index in [9.17, 15) is 0 Å². The molecule has 15 heavy (non-hydrogen) atoms. The van der Waals surface area contributed by atoms with Gasteiger partial charge in [0.1, 0.15) is 0 Å². The van der Waals surface area contributed by atoms with E-state index in [4.69, 9.17) is 4.74 Å². The lowest BCUT2D eigenvalue weighted by Gasteiger charge is -2.41. The van der Waals surface area contributed by atoms with Crippen LogP contribution in [0.3, 0.4) is 0 Å². The third-order valence-electron chi connectivity index (χ3n) is 3.86. The third kappa shape index (κ3) is 3.46. The van der Waals surface area contributed by atoms with Crippen molar-refractivity contribution in [3.05, 3.63) is 0 Å².